The largest absolute Gasteiger partial charge is 0.380 e. The lowest BCUT2D eigenvalue weighted by Crippen LogP contribution is -2.42. The third kappa shape index (κ3) is 3.38. The molecule has 7 nitrogen and oxygen atoms in total. The Morgan fingerprint density at radius 1 is 1.17 bits per heavy atom. The predicted molar refractivity (Wildman–Crippen MR) is 110 cm³/mol. The number of morpholine rings is 1. The molecule has 1 aliphatic carbocycles. The van der Waals surface area contributed by atoms with Gasteiger partial charge in [-0.05, 0) is 30.0 Å². The van der Waals surface area contributed by atoms with Gasteiger partial charge in [0.2, 0.25) is 5.43 Å². The van der Waals surface area contributed by atoms with Gasteiger partial charge in [-0.25, -0.2) is 4.98 Å². The summed E-state index contributed by atoms with van der Waals surface area (Å²) >= 11 is 0. The first-order valence-electron chi connectivity index (χ1n) is 9.91. The van der Waals surface area contributed by atoms with E-state index < -0.39 is 0 Å². The van der Waals surface area contributed by atoms with E-state index in [2.05, 4.69) is 39.6 Å². The first-order valence-corrected chi connectivity index (χ1v) is 9.91. The zero-order valence-corrected chi connectivity index (χ0v) is 16.0. The highest BCUT2D eigenvalue weighted by Crippen LogP contribution is 2.25. The molecule has 2 N–H and O–H groups in total. The third-order valence-corrected chi connectivity index (χ3v) is 5.68. The Morgan fingerprint density at radius 3 is 2.62 bits per heavy atom. The molecule has 1 aliphatic heterocycles. The van der Waals surface area contributed by atoms with Crippen molar-refractivity contribution in [2.45, 2.75) is 18.9 Å². The van der Waals surface area contributed by atoms with Crippen molar-refractivity contribution in [3.8, 4) is 0 Å². The Hall–Kier alpha value is -3.19. The number of fused-ring (bicyclic) bond motifs is 2. The van der Waals surface area contributed by atoms with Crippen molar-refractivity contribution in [3.05, 3.63) is 69.6 Å². The van der Waals surface area contributed by atoms with Gasteiger partial charge in [-0.1, -0.05) is 24.3 Å². The summed E-state index contributed by atoms with van der Waals surface area (Å²) in [6.45, 7) is 1.99. The van der Waals surface area contributed by atoms with Crippen molar-refractivity contribution in [1.82, 2.24) is 14.9 Å². The van der Waals surface area contributed by atoms with Crippen molar-refractivity contribution in [2.24, 2.45) is 0 Å². The van der Waals surface area contributed by atoms with E-state index in [4.69, 9.17) is 4.74 Å². The van der Waals surface area contributed by atoms with Gasteiger partial charge >= 0.3 is 0 Å². The minimum Gasteiger partial charge on any atom is -0.380 e. The molecule has 1 fully saturated rings. The van der Waals surface area contributed by atoms with E-state index >= 15 is 0 Å². The van der Waals surface area contributed by atoms with E-state index in [0.717, 1.165) is 18.5 Å². The Labute approximate surface area is 167 Å². The van der Waals surface area contributed by atoms with Gasteiger partial charge in [0.25, 0.3) is 5.91 Å². The second-order valence-electron chi connectivity index (χ2n) is 7.57. The number of aromatic amines is 1. The van der Waals surface area contributed by atoms with Crippen LogP contribution in [0.3, 0.4) is 0 Å². The van der Waals surface area contributed by atoms with Crippen LogP contribution in [0.25, 0.3) is 11.0 Å². The summed E-state index contributed by atoms with van der Waals surface area (Å²) in [4.78, 5) is 34.8. The van der Waals surface area contributed by atoms with Gasteiger partial charge < -0.3 is 19.9 Å². The summed E-state index contributed by atoms with van der Waals surface area (Å²) in [7, 11) is 0. The number of carbonyl (C=O) groups is 1. The van der Waals surface area contributed by atoms with Crippen molar-refractivity contribution < 1.29 is 9.53 Å². The molecular weight excluding hydrogens is 368 g/mol. The molecule has 1 aromatic carbocycles. The topological polar surface area (TPSA) is 87.3 Å². The lowest BCUT2D eigenvalue weighted by Gasteiger charge is -2.26. The van der Waals surface area contributed by atoms with Crippen LogP contribution in [-0.4, -0.2) is 53.1 Å². The van der Waals surface area contributed by atoms with E-state index in [-0.39, 0.29) is 22.9 Å². The van der Waals surface area contributed by atoms with Crippen LogP contribution >= 0.6 is 0 Å². The maximum Gasteiger partial charge on any atom is 0.259 e. The molecule has 7 heteroatoms. The average molecular weight is 390 g/mol. The van der Waals surface area contributed by atoms with Crippen LogP contribution in [0.4, 0.5) is 5.69 Å². The molecular formula is C22H22N4O3. The van der Waals surface area contributed by atoms with Crippen LogP contribution < -0.4 is 10.7 Å². The van der Waals surface area contributed by atoms with Crippen LogP contribution in [-0.2, 0) is 17.6 Å². The summed E-state index contributed by atoms with van der Waals surface area (Å²) in [5.41, 5.74) is 3.84. The maximum atomic E-state index is 13.0. The van der Waals surface area contributed by atoms with E-state index in [9.17, 15) is 9.59 Å². The number of hydrogen-bond acceptors (Lipinski definition) is 5. The Morgan fingerprint density at radius 2 is 1.90 bits per heavy atom. The molecule has 1 amide bonds. The number of aromatic nitrogens is 2. The second-order valence-corrected chi connectivity index (χ2v) is 7.57. The second kappa shape index (κ2) is 7.33. The first-order chi connectivity index (χ1) is 14.2. The number of H-pyrrole nitrogens is 1. The zero-order chi connectivity index (χ0) is 19.8. The summed E-state index contributed by atoms with van der Waals surface area (Å²) in [5, 5.41) is 3.91. The highest BCUT2D eigenvalue weighted by molar-refractivity contribution is 5.97. The summed E-state index contributed by atoms with van der Waals surface area (Å²) in [6, 6.07) is 10.5. The molecule has 0 spiro atoms. The molecule has 3 aromatic rings. The number of nitrogens with one attached hydrogen (secondary N) is 2. The molecule has 5 rings (SSSR count). The molecule has 0 atom stereocenters. The molecule has 29 heavy (non-hydrogen) atoms. The lowest BCUT2D eigenvalue weighted by molar-refractivity contribution is 0.0302. The van der Waals surface area contributed by atoms with Crippen LogP contribution in [0.2, 0.25) is 0 Å². The molecule has 0 saturated carbocycles. The van der Waals surface area contributed by atoms with Crippen LogP contribution in [0, 0.1) is 0 Å². The Kier molecular flexibility index (Phi) is 4.52. The molecule has 0 bridgehead atoms. The number of carbonyl (C=O) groups excluding carboxylic acids is 1. The van der Waals surface area contributed by atoms with Gasteiger partial charge in [0, 0.05) is 25.3 Å². The highest BCUT2D eigenvalue weighted by Gasteiger charge is 2.23. The molecule has 2 aliphatic rings. The van der Waals surface area contributed by atoms with Gasteiger partial charge in [-0.3, -0.25) is 9.59 Å². The van der Waals surface area contributed by atoms with Crippen LogP contribution in [0.15, 0.2) is 47.5 Å². The number of pyridine rings is 2. The average Bonchev–Trinajstić information content (AvgIpc) is 3.17. The number of rotatable bonds is 3. The van der Waals surface area contributed by atoms with Crippen LogP contribution in [0.5, 0.6) is 0 Å². The first kappa shape index (κ1) is 17.9. The zero-order valence-electron chi connectivity index (χ0n) is 16.0. The number of nitrogens with zero attached hydrogens (tertiary/aromatic N) is 2. The van der Waals surface area contributed by atoms with Gasteiger partial charge in [0.1, 0.15) is 11.2 Å². The lowest BCUT2D eigenvalue weighted by atomic mass is 10.1. The van der Waals surface area contributed by atoms with Crippen molar-refractivity contribution in [1.29, 1.82) is 0 Å². The minimum atomic E-state index is -0.291. The standard InChI is InChI=1S/C22H22N4O3/c27-20-18-11-17(25-16-9-14-3-1-2-4-15(14)10-16)12-23-21(18)24-13-19(20)22(28)26-5-7-29-8-6-26/h1-4,11-13,16,25H,5-10H2,(H,23,24,27). The van der Waals surface area contributed by atoms with Crippen molar-refractivity contribution in [3.63, 3.8) is 0 Å². The van der Waals surface area contributed by atoms with E-state index in [0.29, 0.717) is 37.3 Å². The molecule has 0 unspecified atom stereocenters. The minimum absolute atomic E-state index is 0.145. The Bertz CT molecular complexity index is 1110. The number of benzene rings is 1. The normalized spacial score (nSPS) is 16.8. The van der Waals surface area contributed by atoms with Gasteiger partial charge in [-0.15, -0.1) is 0 Å². The molecule has 3 heterocycles. The highest BCUT2D eigenvalue weighted by atomic mass is 16.5. The van der Waals surface area contributed by atoms with E-state index in [1.165, 1.54) is 17.3 Å². The fourth-order valence-corrected chi connectivity index (χ4v) is 4.18. The maximum absolute atomic E-state index is 13.0. The fraction of sp³-hybridized carbons (Fsp3) is 0.318. The van der Waals surface area contributed by atoms with Crippen LogP contribution in [0.1, 0.15) is 21.5 Å². The van der Waals surface area contributed by atoms with E-state index in [1.807, 2.05) is 0 Å². The summed E-state index contributed by atoms with van der Waals surface area (Å²) in [5.74, 6) is -0.263. The monoisotopic (exact) mass is 390 g/mol. The fourth-order valence-electron chi connectivity index (χ4n) is 4.18. The molecule has 148 valence electrons. The predicted octanol–water partition coefficient (Wildman–Crippen LogP) is 1.97. The third-order valence-electron chi connectivity index (χ3n) is 5.68. The quantitative estimate of drug-likeness (QED) is 0.714. The van der Waals surface area contributed by atoms with Crippen molar-refractivity contribution in [2.75, 3.05) is 31.6 Å². The van der Waals surface area contributed by atoms with E-state index in [1.54, 1.807) is 17.2 Å². The number of amides is 1. The molecule has 1 saturated heterocycles. The SMILES string of the molecule is O=C(c1c[nH]c2ncc(NC3Cc4ccccc4C3)cc2c1=O)N1CCOCC1. The number of hydrogen-bond donors (Lipinski definition) is 2. The van der Waals surface area contributed by atoms with Crippen molar-refractivity contribution >= 4 is 22.6 Å². The number of ether oxygens (including phenoxy) is 1. The summed E-state index contributed by atoms with van der Waals surface area (Å²) in [6.07, 6.45) is 5.08. The summed E-state index contributed by atoms with van der Waals surface area (Å²) < 4.78 is 5.29. The Balaban J connectivity index is 1.41. The molecule has 0 radical (unpaired) electrons. The smallest absolute Gasteiger partial charge is 0.259 e. The molecule has 2 aromatic heterocycles. The van der Waals surface area contributed by atoms with Gasteiger partial charge in [0.15, 0.2) is 0 Å². The number of anilines is 1. The van der Waals surface area contributed by atoms with Gasteiger partial charge in [-0.2, -0.15) is 0 Å². The van der Waals surface area contributed by atoms with Gasteiger partial charge in [0.05, 0.1) is 30.5 Å².